The Kier molecular flexibility index (Phi) is 6.67. The summed E-state index contributed by atoms with van der Waals surface area (Å²) in [5.41, 5.74) is 0. The van der Waals surface area contributed by atoms with Gasteiger partial charge in [0.05, 0.1) is 0 Å². The second-order valence-corrected chi connectivity index (χ2v) is 7.52. The molecule has 0 amide bonds. The zero-order valence-corrected chi connectivity index (χ0v) is 15.2. The molecule has 134 valence electrons. The van der Waals surface area contributed by atoms with Gasteiger partial charge in [-0.3, -0.25) is 0 Å². The quantitative estimate of drug-likeness (QED) is 0.774. The molecule has 1 heterocycles. The van der Waals surface area contributed by atoms with Crippen molar-refractivity contribution in [2.24, 2.45) is 11.8 Å². The van der Waals surface area contributed by atoms with Crippen LogP contribution in [0.1, 0.15) is 77.0 Å². The van der Waals surface area contributed by atoms with Gasteiger partial charge in [-0.25, -0.2) is 0 Å². The van der Waals surface area contributed by atoms with E-state index in [0.29, 0.717) is 0 Å². The molecule has 5 heteroatoms. The molecule has 0 spiro atoms. The first-order valence-corrected chi connectivity index (χ1v) is 10.1. The third-order valence-corrected chi connectivity index (χ3v) is 5.55. The van der Waals surface area contributed by atoms with E-state index in [-0.39, 0.29) is 0 Å². The maximum absolute atomic E-state index is 4.61. The summed E-state index contributed by atoms with van der Waals surface area (Å²) < 4.78 is 0. The Hall–Kier alpha value is -1.39. The number of hydrogen-bond donors (Lipinski definition) is 2. The number of anilines is 2. The smallest absolute Gasteiger partial charge is 0.227 e. The maximum Gasteiger partial charge on any atom is 0.227 e. The first kappa shape index (κ1) is 17.4. The number of nitrogens with zero attached hydrogens (tertiary/aromatic N) is 3. The Labute approximate surface area is 146 Å². The summed E-state index contributed by atoms with van der Waals surface area (Å²) in [6, 6.07) is 0. The van der Waals surface area contributed by atoms with Crippen LogP contribution < -0.4 is 10.6 Å². The molecule has 0 saturated heterocycles. The van der Waals surface area contributed by atoms with E-state index in [2.05, 4.69) is 32.5 Å². The highest BCUT2D eigenvalue weighted by Crippen LogP contribution is 2.25. The van der Waals surface area contributed by atoms with Gasteiger partial charge in [0.15, 0.2) is 0 Å². The second kappa shape index (κ2) is 9.19. The third-order valence-electron chi connectivity index (χ3n) is 5.55. The molecule has 2 fully saturated rings. The molecule has 3 rings (SSSR count). The van der Waals surface area contributed by atoms with Gasteiger partial charge in [-0.1, -0.05) is 45.4 Å². The zero-order valence-electron chi connectivity index (χ0n) is 15.2. The van der Waals surface area contributed by atoms with Crippen molar-refractivity contribution in [1.29, 1.82) is 0 Å². The summed E-state index contributed by atoms with van der Waals surface area (Å²) in [5, 5.41) is 6.93. The summed E-state index contributed by atoms with van der Waals surface area (Å²) in [4.78, 5) is 13.7. The molecule has 0 aliphatic heterocycles. The first-order chi connectivity index (χ1) is 11.8. The van der Waals surface area contributed by atoms with E-state index in [1.807, 2.05) is 0 Å². The average molecular weight is 332 g/mol. The van der Waals surface area contributed by atoms with Gasteiger partial charge >= 0.3 is 0 Å². The highest BCUT2D eigenvalue weighted by Gasteiger charge is 2.16. The van der Waals surface area contributed by atoms with Gasteiger partial charge in [0.25, 0.3) is 0 Å². The Bertz CT molecular complexity index is 452. The highest BCUT2D eigenvalue weighted by molar-refractivity contribution is 5.34. The van der Waals surface area contributed by atoms with Gasteiger partial charge in [0, 0.05) is 19.5 Å². The standard InChI is InChI=1S/C19H33N5/c1-2-17-22-18(20-13-15-9-5-3-6-10-15)24-19(23-17)21-14-16-11-7-4-8-12-16/h15-16H,2-14H2,1H3,(H2,20,21,22,23,24). The molecule has 1 aromatic rings. The van der Waals surface area contributed by atoms with Crippen LogP contribution in [-0.2, 0) is 6.42 Å². The van der Waals surface area contributed by atoms with Crippen molar-refractivity contribution in [3.63, 3.8) is 0 Å². The maximum atomic E-state index is 4.61. The molecular formula is C19H33N5. The number of nitrogens with one attached hydrogen (secondary N) is 2. The van der Waals surface area contributed by atoms with E-state index in [1.54, 1.807) is 0 Å². The summed E-state index contributed by atoms with van der Waals surface area (Å²) in [6.07, 6.45) is 14.5. The number of aryl methyl sites for hydroxylation is 1. The van der Waals surface area contributed by atoms with Gasteiger partial charge in [0.2, 0.25) is 11.9 Å². The molecule has 0 radical (unpaired) electrons. The van der Waals surface area contributed by atoms with Crippen LogP contribution in [-0.4, -0.2) is 28.0 Å². The Balaban J connectivity index is 1.55. The molecule has 0 atom stereocenters. The molecule has 2 N–H and O–H groups in total. The Morgan fingerprint density at radius 2 is 1.17 bits per heavy atom. The molecular weight excluding hydrogens is 298 g/mol. The van der Waals surface area contributed by atoms with Gasteiger partial charge in [-0.2, -0.15) is 15.0 Å². The zero-order chi connectivity index (χ0) is 16.6. The van der Waals surface area contributed by atoms with E-state index in [0.717, 1.165) is 49.1 Å². The van der Waals surface area contributed by atoms with Crippen LogP contribution >= 0.6 is 0 Å². The molecule has 0 aromatic carbocycles. The van der Waals surface area contributed by atoms with Gasteiger partial charge in [-0.15, -0.1) is 0 Å². The summed E-state index contributed by atoms with van der Waals surface area (Å²) in [7, 11) is 0. The number of rotatable bonds is 7. The minimum absolute atomic E-state index is 0.749. The fourth-order valence-corrected chi connectivity index (χ4v) is 3.99. The molecule has 2 saturated carbocycles. The molecule has 24 heavy (non-hydrogen) atoms. The molecule has 5 nitrogen and oxygen atoms in total. The van der Waals surface area contributed by atoms with E-state index >= 15 is 0 Å². The predicted octanol–water partition coefficient (Wildman–Crippen LogP) is 4.42. The lowest BCUT2D eigenvalue weighted by Crippen LogP contribution is -2.21. The van der Waals surface area contributed by atoms with Crippen molar-refractivity contribution >= 4 is 11.9 Å². The van der Waals surface area contributed by atoms with Crippen LogP contribution in [0.25, 0.3) is 0 Å². The molecule has 2 aliphatic carbocycles. The van der Waals surface area contributed by atoms with E-state index in [4.69, 9.17) is 0 Å². The predicted molar refractivity (Wildman–Crippen MR) is 99.3 cm³/mol. The lowest BCUT2D eigenvalue weighted by molar-refractivity contribution is 0.372. The first-order valence-electron chi connectivity index (χ1n) is 10.1. The van der Waals surface area contributed by atoms with Gasteiger partial charge in [-0.05, 0) is 37.5 Å². The molecule has 0 unspecified atom stereocenters. The number of aromatic nitrogens is 3. The normalized spacial score (nSPS) is 20.0. The second-order valence-electron chi connectivity index (χ2n) is 7.52. The highest BCUT2D eigenvalue weighted by atomic mass is 15.2. The van der Waals surface area contributed by atoms with E-state index in [1.165, 1.54) is 64.2 Å². The van der Waals surface area contributed by atoms with Crippen LogP contribution in [0.5, 0.6) is 0 Å². The minimum Gasteiger partial charge on any atom is -0.354 e. The van der Waals surface area contributed by atoms with E-state index in [9.17, 15) is 0 Å². The van der Waals surface area contributed by atoms with Crippen molar-refractivity contribution < 1.29 is 0 Å². The molecule has 2 aliphatic rings. The summed E-state index contributed by atoms with van der Waals surface area (Å²) in [6.45, 7) is 4.09. The fraction of sp³-hybridized carbons (Fsp3) is 0.842. The topological polar surface area (TPSA) is 62.7 Å². The van der Waals surface area contributed by atoms with Crippen LogP contribution in [0.3, 0.4) is 0 Å². The van der Waals surface area contributed by atoms with Gasteiger partial charge in [0.1, 0.15) is 5.82 Å². The van der Waals surface area contributed by atoms with Crippen molar-refractivity contribution in [3.8, 4) is 0 Å². The summed E-state index contributed by atoms with van der Waals surface area (Å²) in [5.74, 6) is 3.93. The van der Waals surface area contributed by atoms with Gasteiger partial charge < -0.3 is 10.6 Å². The van der Waals surface area contributed by atoms with Crippen LogP contribution in [0.2, 0.25) is 0 Å². The Morgan fingerprint density at radius 1 is 0.708 bits per heavy atom. The van der Waals surface area contributed by atoms with Crippen LogP contribution in [0.4, 0.5) is 11.9 Å². The van der Waals surface area contributed by atoms with Crippen molar-refractivity contribution in [1.82, 2.24) is 15.0 Å². The Morgan fingerprint density at radius 3 is 1.58 bits per heavy atom. The number of hydrogen-bond acceptors (Lipinski definition) is 5. The lowest BCUT2D eigenvalue weighted by Gasteiger charge is -2.22. The van der Waals surface area contributed by atoms with Crippen LogP contribution in [0, 0.1) is 11.8 Å². The summed E-state index contributed by atoms with van der Waals surface area (Å²) >= 11 is 0. The largest absolute Gasteiger partial charge is 0.354 e. The third kappa shape index (κ3) is 5.32. The SMILES string of the molecule is CCc1nc(NCC2CCCCC2)nc(NCC2CCCCC2)n1. The fourth-order valence-electron chi connectivity index (χ4n) is 3.99. The average Bonchev–Trinajstić information content (AvgIpc) is 2.66. The van der Waals surface area contributed by atoms with Crippen molar-refractivity contribution in [2.45, 2.75) is 77.6 Å². The molecule has 0 bridgehead atoms. The monoisotopic (exact) mass is 331 g/mol. The van der Waals surface area contributed by atoms with Crippen molar-refractivity contribution in [3.05, 3.63) is 5.82 Å². The van der Waals surface area contributed by atoms with Crippen LogP contribution in [0.15, 0.2) is 0 Å². The minimum atomic E-state index is 0.749. The molecule has 1 aromatic heterocycles. The lowest BCUT2D eigenvalue weighted by atomic mass is 9.89. The van der Waals surface area contributed by atoms with Crippen molar-refractivity contribution in [2.75, 3.05) is 23.7 Å². The van der Waals surface area contributed by atoms with E-state index < -0.39 is 0 Å².